The lowest BCUT2D eigenvalue weighted by Gasteiger charge is -2.05. The van der Waals surface area contributed by atoms with Gasteiger partial charge < -0.3 is 4.74 Å². The number of hydrogen-bond donors (Lipinski definition) is 0. The second-order valence-electron chi connectivity index (χ2n) is 5.69. The Kier molecular flexibility index (Phi) is 6.01. The lowest BCUT2D eigenvalue weighted by atomic mass is 10.1. The largest absolute Gasteiger partial charge is 0.463 e. The highest BCUT2D eigenvalue weighted by Gasteiger charge is 2.14. The van der Waals surface area contributed by atoms with E-state index in [-0.39, 0.29) is 5.82 Å². The van der Waals surface area contributed by atoms with Gasteiger partial charge in [0, 0.05) is 17.7 Å². The number of halogens is 2. The molecule has 0 fully saturated rings. The molecule has 0 radical (unpaired) electrons. The Hall–Kier alpha value is -2.24. The Morgan fingerprint density at radius 3 is 3.00 bits per heavy atom. The molecule has 6 heteroatoms. The number of unbranched alkanes of at least 4 members (excludes halogenated alkanes) is 1. The fourth-order valence-electron chi connectivity index (χ4n) is 2.44. The van der Waals surface area contributed by atoms with Gasteiger partial charge in [-0.05, 0) is 36.3 Å². The summed E-state index contributed by atoms with van der Waals surface area (Å²) in [6.45, 7) is 2.44. The minimum Gasteiger partial charge on any atom is -0.463 e. The van der Waals surface area contributed by atoms with E-state index in [1.54, 1.807) is 24.3 Å². The summed E-state index contributed by atoms with van der Waals surface area (Å²) < 4.78 is 19.4. The van der Waals surface area contributed by atoms with Gasteiger partial charge in [-0.1, -0.05) is 37.1 Å². The van der Waals surface area contributed by atoms with Crippen molar-refractivity contribution < 1.29 is 13.9 Å². The van der Waals surface area contributed by atoms with Crippen LogP contribution in [0.2, 0.25) is 5.02 Å². The zero-order chi connectivity index (χ0) is 18.5. The van der Waals surface area contributed by atoms with E-state index in [1.807, 2.05) is 13.0 Å². The number of aromatic nitrogens is 1. The van der Waals surface area contributed by atoms with Crippen LogP contribution in [0.1, 0.15) is 25.3 Å². The molecule has 0 amide bonds. The Morgan fingerprint density at radius 2 is 2.19 bits per heavy atom. The highest BCUT2D eigenvalue weighted by Crippen LogP contribution is 2.37. The van der Waals surface area contributed by atoms with Gasteiger partial charge in [-0.2, -0.15) is 0 Å². The van der Waals surface area contributed by atoms with Crippen LogP contribution in [0.5, 0.6) is 0 Å². The topological polar surface area (TPSA) is 39.2 Å². The van der Waals surface area contributed by atoms with Gasteiger partial charge in [0.2, 0.25) is 0 Å². The Labute approximate surface area is 160 Å². The van der Waals surface area contributed by atoms with Crippen LogP contribution in [0.4, 0.5) is 4.39 Å². The van der Waals surface area contributed by atoms with Crippen LogP contribution in [0.3, 0.4) is 0 Å². The van der Waals surface area contributed by atoms with E-state index in [0.29, 0.717) is 27.7 Å². The number of nitrogens with zero attached hydrogens (tertiary/aromatic N) is 1. The van der Waals surface area contributed by atoms with Crippen LogP contribution in [0.15, 0.2) is 42.5 Å². The molecule has 2 aromatic carbocycles. The van der Waals surface area contributed by atoms with Crippen molar-refractivity contribution in [1.82, 2.24) is 4.98 Å². The number of ether oxygens (including phenoxy) is 1. The molecule has 26 heavy (non-hydrogen) atoms. The molecule has 0 saturated heterocycles. The minimum absolute atomic E-state index is 0.330. The third-order valence-electron chi connectivity index (χ3n) is 3.75. The molecule has 0 bridgehead atoms. The standard InChI is InChI=1S/C20H17ClFNO2S/c1-2-3-11-25-18(24)10-7-13-5-4-6-15(21)19(13)20-23-16-12-14(22)8-9-17(16)26-20/h4-10,12H,2-3,11H2,1H3/b10-7+. The summed E-state index contributed by atoms with van der Waals surface area (Å²) in [5.41, 5.74) is 2.05. The average molecular weight is 390 g/mol. The van der Waals surface area contributed by atoms with E-state index in [2.05, 4.69) is 4.98 Å². The summed E-state index contributed by atoms with van der Waals surface area (Å²) in [5.74, 6) is -0.723. The molecule has 1 heterocycles. The fraction of sp³-hybridized carbons (Fsp3) is 0.200. The predicted molar refractivity (Wildman–Crippen MR) is 105 cm³/mol. The quantitative estimate of drug-likeness (QED) is 0.290. The third-order valence-corrected chi connectivity index (χ3v) is 5.12. The smallest absolute Gasteiger partial charge is 0.330 e. The van der Waals surface area contributed by atoms with Gasteiger partial charge in [0.05, 0.1) is 21.8 Å². The van der Waals surface area contributed by atoms with Gasteiger partial charge in [-0.3, -0.25) is 0 Å². The molecule has 3 nitrogen and oxygen atoms in total. The van der Waals surface area contributed by atoms with Gasteiger partial charge in [0.1, 0.15) is 10.8 Å². The van der Waals surface area contributed by atoms with Crippen LogP contribution in [0, 0.1) is 5.82 Å². The van der Waals surface area contributed by atoms with Crippen LogP contribution in [0.25, 0.3) is 26.9 Å². The number of carbonyl (C=O) groups is 1. The van der Waals surface area contributed by atoms with Crippen molar-refractivity contribution >= 4 is 45.2 Å². The maximum absolute atomic E-state index is 13.4. The van der Waals surface area contributed by atoms with Gasteiger partial charge in [0.25, 0.3) is 0 Å². The molecular formula is C20H17ClFNO2S. The SMILES string of the molecule is CCCCOC(=O)/C=C/c1cccc(Cl)c1-c1nc2cc(F)ccc2s1. The van der Waals surface area contributed by atoms with E-state index in [0.717, 1.165) is 23.1 Å². The second-order valence-corrected chi connectivity index (χ2v) is 7.13. The van der Waals surface area contributed by atoms with Gasteiger partial charge in [0.15, 0.2) is 0 Å². The molecule has 0 aliphatic heterocycles. The molecule has 1 aromatic heterocycles. The Bertz CT molecular complexity index is 968. The summed E-state index contributed by atoms with van der Waals surface area (Å²) >= 11 is 7.81. The molecule has 0 spiro atoms. The molecular weight excluding hydrogens is 373 g/mol. The first-order chi connectivity index (χ1) is 12.6. The molecule has 0 unspecified atom stereocenters. The number of fused-ring (bicyclic) bond motifs is 1. The molecule has 0 aliphatic rings. The number of esters is 1. The van der Waals surface area contributed by atoms with Crippen LogP contribution >= 0.6 is 22.9 Å². The lowest BCUT2D eigenvalue weighted by Crippen LogP contribution is -2.01. The van der Waals surface area contributed by atoms with E-state index < -0.39 is 5.97 Å². The van der Waals surface area contributed by atoms with Crippen molar-refractivity contribution in [3.8, 4) is 10.6 Å². The fourth-order valence-corrected chi connectivity index (χ4v) is 3.79. The molecule has 3 aromatic rings. The van der Waals surface area contributed by atoms with Gasteiger partial charge in [-0.15, -0.1) is 11.3 Å². The Balaban J connectivity index is 1.93. The summed E-state index contributed by atoms with van der Waals surface area (Å²) in [6, 6.07) is 9.92. The third kappa shape index (κ3) is 4.29. The van der Waals surface area contributed by atoms with Crippen molar-refractivity contribution in [2.75, 3.05) is 6.61 Å². The Morgan fingerprint density at radius 1 is 1.35 bits per heavy atom. The maximum Gasteiger partial charge on any atom is 0.330 e. The minimum atomic E-state index is -0.393. The average Bonchev–Trinajstić information content (AvgIpc) is 3.02. The van der Waals surface area contributed by atoms with Crippen LogP contribution in [-0.4, -0.2) is 17.6 Å². The van der Waals surface area contributed by atoms with E-state index in [9.17, 15) is 9.18 Å². The first-order valence-electron chi connectivity index (χ1n) is 8.28. The predicted octanol–water partition coefficient (Wildman–Crippen LogP) is 6.11. The van der Waals surface area contributed by atoms with Crippen molar-refractivity contribution in [2.45, 2.75) is 19.8 Å². The monoisotopic (exact) mass is 389 g/mol. The molecule has 0 saturated carbocycles. The zero-order valence-corrected chi connectivity index (χ0v) is 15.7. The normalized spacial score (nSPS) is 11.3. The summed E-state index contributed by atoms with van der Waals surface area (Å²) in [6.07, 6.45) is 4.86. The summed E-state index contributed by atoms with van der Waals surface area (Å²) in [5, 5.41) is 1.20. The maximum atomic E-state index is 13.4. The summed E-state index contributed by atoms with van der Waals surface area (Å²) in [7, 11) is 0. The lowest BCUT2D eigenvalue weighted by molar-refractivity contribution is -0.137. The molecule has 3 rings (SSSR count). The highest BCUT2D eigenvalue weighted by molar-refractivity contribution is 7.21. The van der Waals surface area contributed by atoms with Gasteiger partial charge in [-0.25, -0.2) is 14.2 Å². The molecule has 0 atom stereocenters. The zero-order valence-electron chi connectivity index (χ0n) is 14.2. The number of hydrogen-bond acceptors (Lipinski definition) is 4. The second kappa shape index (κ2) is 8.43. The van der Waals surface area contributed by atoms with Crippen LogP contribution < -0.4 is 0 Å². The number of rotatable bonds is 6. The van der Waals surface area contributed by atoms with E-state index in [1.165, 1.54) is 29.5 Å². The van der Waals surface area contributed by atoms with E-state index in [4.69, 9.17) is 16.3 Å². The highest BCUT2D eigenvalue weighted by atomic mass is 35.5. The number of carbonyl (C=O) groups excluding carboxylic acids is 1. The van der Waals surface area contributed by atoms with Crippen LogP contribution in [-0.2, 0) is 9.53 Å². The number of benzene rings is 2. The first-order valence-corrected chi connectivity index (χ1v) is 9.47. The van der Waals surface area contributed by atoms with Crippen molar-refractivity contribution in [2.24, 2.45) is 0 Å². The molecule has 0 aliphatic carbocycles. The van der Waals surface area contributed by atoms with E-state index >= 15 is 0 Å². The van der Waals surface area contributed by atoms with Crippen molar-refractivity contribution in [3.05, 3.63) is 58.9 Å². The van der Waals surface area contributed by atoms with Crippen molar-refractivity contribution in [1.29, 1.82) is 0 Å². The van der Waals surface area contributed by atoms with Gasteiger partial charge >= 0.3 is 5.97 Å². The first kappa shape index (κ1) is 18.5. The summed E-state index contributed by atoms with van der Waals surface area (Å²) in [4.78, 5) is 16.3. The molecule has 0 N–H and O–H groups in total. The van der Waals surface area contributed by atoms with Crippen molar-refractivity contribution in [3.63, 3.8) is 0 Å². The number of thiazole rings is 1. The molecule has 134 valence electrons.